The van der Waals surface area contributed by atoms with E-state index in [0.717, 1.165) is 64.2 Å². The van der Waals surface area contributed by atoms with Crippen molar-refractivity contribution < 1.29 is 37.8 Å². The molecule has 0 aromatic heterocycles. The number of rotatable bonds is 39. The summed E-state index contributed by atoms with van der Waals surface area (Å²) in [6.07, 6.45) is 29.5. The molecule has 0 radical (unpaired) electrons. The molecule has 0 rings (SSSR count). The molecule has 0 heterocycles. The van der Waals surface area contributed by atoms with Gasteiger partial charge in [0.15, 0.2) is 0 Å². The van der Waals surface area contributed by atoms with E-state index >= 15 is 0 Å². The highest BCUT2D eigenvalue weighted by Crippen LogP contribution is 2.50. The van der Waals surface area contributed by atoms with Gasteiger partial charge in [0.25, 0.3) is 0 Å². The fourth-order valence-corrected chi connectivity index (χ4v) is 7.14. The number of aliphatic hydroxyl groups is 2. The van der Waals surface area contributed by atoms with Gasteiger partial charge in [0, 0.05) is 13.2 Å². The van der Waals surface area contributed by atoms with Crippen molar-refractivity contribution in [3.8, 4) is 0 Å². The minimum atomic E-state index is -3.97. The first-order valence-electron chi connectivity index (χ1n) is 23.1. The number of aliphatic hydroxyl groups excluding tert-OH is 2. The molecule has 0 fully saturated rings. The summed E-state index contributed by atoms with van der Waals surface area (Å²) in [6, 6.07) is 0. The van der Waals surface area contributed by atoms with Crippen LogP contribution in [-0.2, 0) is 27.6 Å². The average Bonchev–Trinajstić information content (AvgIpc) is 3.13. The Bertz CT molecular complexity index is 1030. The van der Waals surface area contributed by atoms with Crippen LogP contribution in [0.2, 0.25) is 0 Å². The Kier molecular flexibility index (Phi) is 32.8. The Morgan fingerprint density at radius 1 is 0.544 bits per heavy atom. The molecule has 2 N–H and O–H groups in total. The zero-order valence-electron chi connectivity index (χ0n) is 39.3. The third kappa shape index (κ3) is 34.8. The SMILES string of the molecule is CC(C)CCOP(=O)(OC[C@H](CO)OCCCCCCCC/C=C\CC(C)(C)CCC(C)(C)C)OC[C@H](CO)OCCCCCCCC/C=C\CC(C)(C)C(C)C. The summed E-state index contributed by atoms with van der Waals surface area (Å²) in [6.45, 7) is 25.6. The Hall–Kier alpha value is -0.570. The Labute approximate surface area is 353 Å². The van der Waals surface area contributed by atoms with Crippen LogP contribution in [0, 0.1) is 28.1 Å². The molecule has 340 valence electrons. The van der Waals surface area contributed by atoms with Crippen LogP contribution in [0.15, 0.2) is 24.3 Å². The van der Waals surface area contributed by atoms with Crippen LogP contribution in [0.5, 0.6) is 0 Å². The van der Waals surface area contributed by atoms with E-state index < -0.39 is 20.0 Å². The van der Waals surface area contributed by atoms with E-state index in [9.17, 15) is 14.8 Å². The number of hydrogen-bond donors (Lipinski definition) is 2. The molecule has 0 aromatic carbocycles. The molecule has 0 aliphatic carbocycles. The van der Waals surface area contributed by atoms with Crippen molar-refractivity contribution in [3.05, 3.63) is 24.3 Å². The molecule has 0 aromatic rings. The van der Waals surface area contributed by atoms with Gasteiger partial charge in [-0.1, -0.05) is 152 Å². The highest BCUT2D eigenvalue weighted by molar-refractivity contribution is 7.48. The van der Waals surface area contributed by atoms with Crippen molar-refractivity contribution >= 4 is 7.82 Å². The van der Waals surface area contributed by atoms with Gasteiger partial charge in [0.05, 0.1) is 33.0 Å². The third-order valence-corrected chi connectivity index (χ3v) is 12.6. The third-order valence-electron chi connectivity index (χ3n) is 11.2. The molecule has 0 spiro atoms. The summed E-state index contributed by atoms with van der Waals surface area (Å²) in [5.41, 5.74) is 1.12. The Morgan fingerprint density at radius 3 is 1.40 bits per heavy atom. The Balaban J connectivity index is 4.35. The van der Waals surface area contributed by atoms with Crippen LogP contribution >= 0.6 is 7.82 Å². The molecule has 0 bridgehead atoms. The van der Waals surface area contributed by atoms with Crippen LogP contribution < -0.4 is 0 Å². The normalized spacial score (nSPS) is 15.4. The lowest BCUT2D eigenvalue weighted by Crippen LogP contribution is -2.27. The lowest BCUT2D eigenvalue weighted by atomic mass is 9.78. The maximum atomic E-state index is 13.6. The molecule has 0 aliphatic rings. The topological polar surface area (TPSA) is 104 Å². The molecule has 0 aliphatic heterocycles. The van der Waals surface area contributed by atoms with E-state index in [1.165, 1.54) is 51.4 Å². The molecule has 8 nitrogen and oxygen atoms in total. The minimum absolute atomic E-state index is 0.117. The van der Waals surface area contributed by atoms with Crippen LogP contribution in [0.4, 0.5) is 0 Å². The second-order valence-corrected chi connectivity index (χ2v) is 21.6. The first-order chi connectivity index (χ1) is 26.8. The van der Waals surface area contributed by atoms with E-state index in [1.54, 1.807) is 0 Å². The van der Waals surface area contributed by atoms with Gasteiger partial charge in [-0.3, -0.25) is 13.6 Å². The zero-order valence-corrected chi connectivity index (χ0v) is 40.2. The number of allylic oxidation sites excluding steroid dienone is 4. The quantitative estimate of drug-likeness (QED) is 0.0359. The predicted molar refractivity (Wildman–Crippen MR) is 242 cm³/mol. The first kappa shape index (κ1) is 56.4. The molecule has 0 amide bonds. The van der Waals surface area contributed by atoms with Crippen molar-refractivity contribution in [1.82, 2.24) is 0 Å². The van der Waals surface area contributed by atoms with E-state index in [0.29, 0.717) is 47.7 Å². The molecule has 0 saturated carbocycles. The van der Waals surface area contributed by atoms with Gasteiger partial charge >= 0.3 is 7.82 Å². The number of phosphoric ester groups is 1. The van der Waals surface area contributed by atoms with Gasteiger partial charge in [-0.05, 0) is 98.7 Å². The van der Waals surface area contributed by atoms with Crippen molar-refractivity contribution in [2.24, 2.45) is 28.1 Å². The summed E-state index contributed by atoms with van der Waals surface area (Å²) in [7, 11) is -3.97. The van der Waals surface area contributed by atoms with E-state index in [1.807, 2.05) is 0 Å². The summed E-state index contributed by atoms with van der Waals surface area (Å²) < 4.78 is 42.3. The standard InChI is InChI=1S/C48H95O8P/c1-42(2)30-37-54-57(51,56-41-45(39-50)53-36-29-25-21-17-13-15-19-23-27-32-48(10,11)43(3)4)55-40-44(38-49)52-35-28-24-20-16-12-14-18-22-26-31-47(8,9)34-33-46(5,6)7/h22-23,26-27,42-45,49-50H,12-21,24-25,28-41H2,1-11H3/b26-22-,27-23-/t44-,45-,57?/m0/s1. The van der Waals surface area contributed by atoms with Crippen molar-refractivity contribution in [3.63, 3.8) is 0 Å². The van der Waals surface area contributed by atoms with E-state index in [-0.39, 0.29) is 33.0 Å². The van der Waals surface area contributed by atoms with Crippen LogP contribution in [0.25, 0.3) is 0 Å². The fourth-order valence-electron chi connectivity index (χ4n) is 5.89. The number of unbranched alkanes of at least 4 members (excludes halogenated alkanes) is 12. The minimum Gasteiger partial charge on any atom is -0.394 e. The van der Waals surface area contributed by atoms with Gasteiger partial charge in [-0.25, -0.2) is 4.57 Å². The highest BCUT2D eigenvalue weighted by atomic mass is 31.2. The summed E-state index contributed by atoms with van der Waals surface area (Å²) in [4.78, 5) is 0. The molecule has 1 unspecified atom stereocenters. The van der Waals surface area contributed by atoms with Gasteiger partial charge in [-0.2, -0.15) is 0 Å². The van der Waals surface area contributed by atoms with Crippen LogP contribution in [0.3, 0.4) is 0 Å². The number of phosphoric acid groups is 1. The van der Waals surface area contributed by atoms with Gasteiger partial charge in [0.2, 0.25) is 0 Å². The highest BCUT2D eigenvalue weighted by Gasteiger charge is 2.30. The predicted octanol–water partition coefficient (Wildman–Crippen LogP) is 13.8. The van der Waals surface area contributed by atoms with Gasteiger partial charge in [0.1, 0.15) is 12.2 Å². The maximum Gasteiger partial charge on any atom is 0.474 e. The largest absolute Gasteiger partial charge is 0.474 e. The smallest absolute Gasteiger partial charge is 0.394 e. The maximum absolute atomic E-state index is 13.6. The lowest BCUT2D eigenvalue weighted by Gasteiger charge is -2.28. The summed E-state index contributed by atoms with van der Waals surface area (Å²) >= 11 is 0. The lowest BCUT2D eigenvalue weighted by molar-refractivity contribution is -0.0405. The number of ether oxygens (including phenoxy) is 2. The van der Waals surface area contributed by atoms with Gasteiger partial charge in [-0.15, -0.1) is 0 Å². The number of hydrogen-bond acceptors (Lipinski definition) is 8. The summed E-state index contributed by atoms with van der Waals surface area (Å²) in [5, 5.41) is 19.8. The second-order valence-electron chi connectivity index (χ2n) is 19.9. The second kappa shape index (κ2) is 33.1. The molecular weight excluding hydrogens is 735 g/mol. The molecule has 3 atom stereocenters. The molecule has 0 saturated heterocycles. The fraction of sp³-hybridized carbons (Fsp3) is 0.917. The van der Waals surface area contributed by atoms with Crippen molar-refractivity contribution in [2.75, 3.05) is 46.2 Å². The van der Waals surface area contributed by atoms with E-state index in [4.69, 9.17) is 23.0 Å². The van der Waals surface area contributed by atoms with Gasteiger partial charge < -0.3 is 19.7 Å². The molecule has 9 heteroatoms. The molecular formula is C48H95O8P. The molecule has 57 heavy (non-hydrogen) atoms. The monoisotopic (exact) mass is 831 g/mol. The van der Waals surface area contributed by atoms with Crippen molar-refractivity contribution in [1.29, 1.82) is 0 Å². The Morgan fingerprint density at radius 2 is 0.982 bits per heavy atom. The zero-order chi connectivity index (χ0) is 43.1. The average molecular weight is 831 g/mol. The van der Waals surface area contributed by atoms with Crippen molar-refractivity contribution in [2.45, 2.75) is 210 Å². The first-order valence-corrected chi connectivity index (χ1v) is 24.6. The van der Waals surface area contributed by atoms with Crippen LogP contribution in [-0.4, -0.2) is 68.7 Å². The van der Waals surface area contributed by atoms with E-state index in [2.05, 4.69) is 100 Å². The summed E-state index contributed by atoms with van der Waals surface area (Å²) in [5.74, 6) is 1.04. The van der Waals surface area contributed by atoms with Crippen LogP contribution in [0.1, 0.15) is 198 Å².